The van der Waals surface area contributed by atoms with Crippen molar-refractivity contribution in [3.8, 4) is 0 Å². The lowest BCUT2D eigenvalue weighted by molar-refractivity contribution is -0.147. The number of fused-ring (bicyclic) bond motifs is 1. The highest BCUT2D eigenvalue weighted by Gasteiger charge is 2.37. The highest BCUT2D eigenvalue weighted by Crippen LogP contribution is 2.28. The zero-order valence-electron chi connectivity index (χ0n) is 12.9. The zero-order chi connectivity index (χ0) is 16.3. The Labute approximate surface area is 129 Å². The van der Waals surface area contributed by atoms with Gasteiger partial charge in [0.05, 0.1) is 14.2 Å². The summed E-state index contributed by atoms with van der Waals surface area (Å²) < 4.78 is 9.37. The van der Waals surface area contributed by atoms with Crippen LogP contribution in [0.5, 0.6) is 0 Å². The first kappa shape index (κ1) is 16.0. The number of hydrogen-bond acceptors (Lipinski definition) is 5. The number of carbonyl (C=O) groups is 3. The molecule has 1 aromatic carbocycles. The normalized spacial score (nSPS) is 14.5. The number of esters is 2. The summed E-state index contributed by atoms with van der Waals surface area (Å²) in [5.74, 6) is -1.16. The van der Waals surface area contributed by atoms with Crippen LogP contribution >= 0.6 is 0 Å². The van der Waals surface area contributed by atoms with Gasteiger partial charge >= 0.3 is 11.9 Å². The van der Waals surface area contributed by atoms with Crippen LogP contribution in [0.3, 0.4) is 0 Å². The number of hydrogen-bond donors (Lipinski definition) is 0. The summed E-state index contributed by atoms with van der Waals surface area (Å²) in [4.78, 5) is 37.3. The molecule has 1 amide bonds. The second kappa shape index (κ2) is 6.60. The monoisotopic (exact) mass is 305 g/mol. The van der Waals surface area contributed by atoms with Gasteiger partial charge in [0.25, 0.3) is 5.91 Å². The molecule has 0 bridgehead atoms. The molecule has 0 aliphatic carbocycles. The van der Waals surface area contributed by atoms with Crippen molar-refractivity contribution in [1.29, 1.82) is 0 Å². The molecule has 0 fully saturated rings. The smallest absolute Gasteiger partial charge is 0.328 e. The van der Waals surface area contributed by atoms with E-state index in [2.05, 4.69) is 4.74 Å². The van der Waals surface area contributed by atoms with E-state index in [4.69, 9.17) is 4.74 Å². The molecule has 118 valence electrons. The highest BCUT2D eigenvalue weighted by molar-refractivity contribution is 6.01. The Hall–Kier alpha value is -2.37. The van der Waals surface area contributed by atoms with Crippen LogP contribution in [0.15, 0.2) is 18.2 Å². The largest absolute Gasteiger partial charge is 0.469 e. The van der Waals surface area contributed by atoms with Crippen molar-refractivity contribution in [1.82, 2.24) is 4.90 Å². The molecule has 22 heavy (non-hydrogen) atoms. The van der Waals surface area contributed by atoms with Crippen LogP contribution in [0.2, 0.25) is 0 Å². The Morgan fingerprint density at radius 2 is 2.00 bits per heavy atom. The Balaban J connectivity index is 2.23. The van der Waals surface area contributed by atoms with Crippen molar-refractivity contribution in [2.45, 2.75) is 32.4 Å². The van der Waals surface area contributed by atoms with Gasteiger partial charge in [0.1, 0.15) is 6.04 Å². The van der Waals surface area contributed by atoms with Crippen molar-refractivity contribution in [3.63, 3.8) is 0 Å². The fourth-order valence-corrected chi connectivity index (χ4v) is 2.65. The van der Waals surface area contributed by atoms with Crippen LogP contribution in [0, 0.1) is 6.92 Å². The van der Waals surface area contributed by atoms with Gasteiger partial charge in [-0.2, -0.15) is 0 Å². The third kappa shape index (κ3) is 2.95. The van der Waals surface area contributed by atoms with Gasteiger partial charge in [0, 0.05) is 18.5 Å². The van der Waals surface area contributed by atoms with Crippen LogP contribution in [0.25, 0.3) is 0 Å². The predicted molar refractivity (Wildman–Crippen MR) is 78.1 cm³/mol. The van der Waals surface area contributed by atoms with Gasteiger partial charge in [0.2, 0.25) is 0 Å². The van der Waals surface area contributed by atoms with E-state index in [9.17, 15) is 14.4 Å². The van der Waals surface area contributed by atoms with E-state index in [1.165, 1.54) is 19.1 Å². The van der Waals surface area contributed by atoms with E-state index in [1.807, 2.05) is 19.1 Å². The number of amides is 1. The van der Waals surface area contributed by atoms with Crippen LogP contribution < -0.4 is 0 Å². The van der Waals surface area contributed by atoms with E-state index in [0.717, 1.165) is 11.1 Å². The fourth-order valence-electron chi connectivity index (χ4n) is 2.65. The summed E-state index contributed by atoms with van der Waals surface area (Å²) in [6.45, 7) is 2.28. The second-order valence-electron chi connectivity index (χ2n) is 5.19. The Morgan fingerprint density at radius 3 is 2.59 bits per heavy atom. The van der Waals surface area contributed by atoms with E-state index in [1.54, 1.807) is 6.07 Å². The van der Waals surface area contributed by atoms with E-state index < -0.39 is 18.0 Å². The third-order valence-electron chi connectivity index (χ3n) is 3.93. The fraction of sp³-hybridized carbons (Fsp3) is 0.438. The molecular formula is C16H19NO5. The van der Waals surface area contributed by atoms with Gasteiger partial charge in [-0.25, -0.2) is 4.79 Å². The van der Waals surface area contributed by atoms with E-state index >= 15 is 0 Å². The Morgan fingerprint density at radius 1 is 1.27 bits per heavy atom. The molecular weight excluding hydrogens is 286 g/mol. The van der Waals surface area contributed by atoms with Gasteiger partial charge in [-0.05, 0) is 30.5 Å². The predicted octanol–water partition coefficient (Wildman–Crippen LogP) is 1.45. The van der Waals surface area contributed by atoms with Crippen molar-refractivity contribution in [2.75, 3.05) is 14.2 Å². The van der Waals surface area contributed by atoms with Gasteiger partial charge in [-0.15, -0.1) is 0 Å². The zero-order valence-corrected chi connectivity index (χ0v) is 12.9. The molecule has 0 radical (unpaired) electrons. The molecule has 0 N–H and O–H groups in total. The average molecular weight is 305 g/mol. The molecule has 0 aromatic heterocycles. The summed E-state index contributed by atoms with van der Waals surface area (Å²) in [6, 6.07) is 4.71. The van der Waals surface area contributed by atoms with Crippen molar-refractivity contribution >= 4 is 17.8 Å². The molecule has 1 heterocycles. The third-order valence-corrected chi connectivity index (χ3v) is 3.93. The van der Waals surface area contributed by atoms with Gasteiger partial charge in [-0.1, -0.05) is 12.1 Å². The van der Waals surface area contributed by atoms with Gasteiger partial charge in [-0.3, -0.25) is 9.59 Å². The number of aryl methyl sites for hydroxylation is 1. The number of nitrogens with zero attached hydrogens (tertiary/aromatic N) is 1. The number of benzene rings is 1. The minimum atomic E-state index is -0.789. The summed E-state index contributed by atoms with van der Waals surface area (Å²) in [6.07, 6.45) is 0.230. The lowest BCUT2D eigenvalue weighted by Crippen LogP contribution is -2.42. The first-order valence-corrected chi connectivity index (χ1v) is 7.03. The molecule has 0 saturated carbocycles. The average Bonchev–Trinajstić information content (AvgIpc) is 2.86. The maximum absolute atomic E-state index is 12.5. The van der Waals surface area contributed by atoms with Gasteiger partial charge < -0.3 is 14.4 Å². The van der Waals surface area contributed by atoms with Crippen LogP contribution in [-0.4, -0.2) is 43.0 Å². The van der Waals surface area contributed by atoms with Crippen molar-refractivity contribution < 1.29 is 23.9 Å². The van der Waals surface area contributed by atoms with Gasteiger partial charge in [0.15, 0.2) is 0 Å². The molecule has 1 aromatic rings. The first-order chi connectivity index (χ1) is 10.5. The lowest BCUT2D eigenvalue weighted by Gasteiger charge is -2.25. The first-order valence-electron chi connectivity index (χ1n) is 7.03. The minimum absolute atomic E-state index is 0.0510. The molecule has 1 aliphatic rings. The van der Waals surface area contributed by atoms with Crippen molar-refractivity contribution in [3.05, 3.63) is 34.9 Å². The molecule has 0 saturated heterocycles. The lowest BCUT2D eigenvalue weighted by atomic mass is 10.1. The topological polar surface area (TPSA) is 72.9 Å². The molecule has 6 heteroatoms. The van der Waals surface area contributed by atoms with E-state index in [0.29, 0.717) is 12.1 Å². The minimum Gasteiger partial charge on any atom is -0.469 e. The number of rotatable bonds is 5. The molecule has 6 nitrogen and oxygen atoms in total. The maximum atomic E-state index is 12.5. The van der Waals surface area contributed by atoms with Crippen molar-refractivity contribution in [2.24, 2.45) is 0 Å². The summed E-state index contributed by atoms with van der Waals surface area (Å²) in [5.41, 5.74) is 2.52. The van der Waals surface area contributed by atoms with Crippen LogP contribution in [-0.2, 0) is 25.6 Å². The number of methoxy groups -OCH3 is 2. The Kier molecular flexibility index (Phi) is 4.80. The summed E-state index contributed by atoms with van der Waals surface area (Å²) in [5, 5.41) is 0. The number of ether oxygens (including phenoxy) is 2. The maximum Gasteiger partial charge on any atom is 0.328 e. The standard InChI is InChI=1S/C16H19NO5/c1-10-5-4-6-11-12(10)9-17(15(11)19)13(16(20)22-3)7-8-14(18)21-2/h4-6,13H,7-9H2,1-3H3. The molecule has 0 spiro atoms. The molecule has 1 atom stereocenters. The summed E-state index contributed by atoms with van der Waals surface area (Å²) in [7, 11) is 2.56. The molecule has 1 unspecified atom stereocenters. The Bertz CT molecular complexity index is 611. The quantitative estimate of drug-likeness (QED) is 0.770. The second-order valence-corrected chi connectivity index (χ2v) is 5.19. The van der Waals surface area contributed by atoms with Crippen LogP contribution in [0.4, 0.5) is 0 Å². The molecule has 2 rings (SSSR count). The molecule has 1 aliphatic heterocycles. The SMILES string of the molecule is COC(=O)CCC(C(=O)OC)N1Cc2c(C)cccc2C1=O. The van der Waals surface area contributed by atoms with E-state index in [-0.39, 0.29) is 18.7 Å². The summed E-state index contributed by atoms with van der Waals surface area (Å²) >= 11 is 0. The van der Waals surface area contributed by atoms with Crippen LogP contribution in [0.1, 0.15) is 34.3 Å². The number of carbonyl (C=O) groups excluding carboxylic acids is 3. The highest BCUT2D eigenvalue weighted by atomic mass is 16.5.